The Bertz CT molecular complexity index is 685. The van der Waals surface area contributed by atoms with Gasteiger partial charge in [0.15, 0.2) is 0 Å². The van der Waals surface area contributed by atoms with Crippen LogP contribution in [-0.4, -0.2) is 55.2 Å². The minimum Gasteiger partial charge on any atom is -0.444 e. The molecule has 2 aliphatic rings. The standard InChI is InChI=1S/C23H35N3O3/c1-22(2,3)29-21(28)26-15-9-18(10-16-26)17-25-20(27)23(11-13-24-14-12-23)19-7-5-4-6-8-19/h4-8,18,24H,9-17H2,1-3H3,(H,25,27). The van der Waals surface area contributed by atoms with Crippen molar-refractivity contribution in [1.29, 1.82) is 0 Å². The van der Waals surface area contributed by atoms with E-state index < -0.39 is 11.0 Å². The van der Waals surface area contributed by atoms with E-state index in [4.69, 9.17) is 4.74 Å². The second-order valence-corrected chi connectivity index (χ2v) is 9.32. The Morgan fingerprint density at radius 1 is 1.14 bits per heavy atom. The van der Waals surface area contributed by atoms with Gasteiger partial charge in [0.25, 0.3) is 0 Å². The predicted molar refractivity (Wildman–Crippen MR) is 114 cm³/mol. The number of rotatable bonds is 4. The monoisotopic (exact) mass is 401 g/mol. The Morgan fingerprint density at radius 3 is 2.34 bits per heavy atom. The van der Waals surface area contributed by atoms with Gasteiger partial charge in [-0.15, -0.1) is 0 Å². The second-order valence-electron chi connectivity index (χ2n) is 9.32. The van der Waals surface area contributed by atoms with Crippen LogP contribution in [-0.2, 0) is 14.9 Å². The lowest BCUT2D eigenvalue weighted by Crippen LogP contribution is -2.52. The summed E-state index contributed by atoms with van der Waals surface area (Å²) in [7, 11) is 0. The molecule has 2 saturated heterocycles. The molecule has 2 heterocycles. The summed E-state index contributed by atoms with van der Waals surface area (Å²) in [5.74, 6) is 0.534. The molecule has 6 nitrogen and oxygen atoms in total. The number of carbonyl (C=O) groups excluding carboxylic acids is 2. The highest BCUT2D eigenvalue weighted by Gasteiger charge is 2.41. The number of nitrogens with zero attached hydrogens (tertiary/aromatic N) is 1. The lowest BCUT2D eigenvalue weighted by Gasteiger charge is -2.38. The molecule has 0 bridgehead atoms. The average Bonchev–Trinajstić information content (AvgIpc) is 2.72. The van der Waals surface area contributed by atoms with E-state index in [0.717, 1.165) is 44.3 Å². The van der Waals surface area contributed by atoms with Crippen molar-refractivity contribution in [3.8, 4) is 0 Å². The van der Waals surface area contributed by atoms with E-state index >= 15 is 0 Å². The molecule has 0 aliphatic carbocycles. The Labute approximate surface area is 174 Å². The van der Waals surface area contributed by atoms with Gasteiger partial charge < -0.3 is 20.3 Å². The number of ether oxygens (including phenoxy) is 1. The van der Waals surface area contributed by atoms with Crippen molar-refractivity contribution in [2.75, 3.05) is 32.7 Å². The van der Waals surface area contributed by atoms with E-state index in [9.17, 15) is 9.59 Å². The van der Waals surface area contributed by atoms with Gasteiger partial charge in [0.1, 0.15) is 5.60 Å². The van der Waals surface area contributed by atoms with Crippen molar-refractivity contribution >= 4 is 12.0 Å². The molecule has 2 fully saturated rings. The average molecular weight is 402 g/mol. The molecule has 3 rings (SSSR count). The third kappa shape index (κ3) is 5.50. The Balaban J connectivity index is 1.53. The largest absolute Gasteiger partial charge is 0.444 e. The predicted octanol–water partition coefficient (Wildman–Crippen LogP) is 3.07. The Morgan fingerprint density at radius 2 is 1.76 bits per heavy atom. The van der Waals surface area contributed by atoms with Crippen LogP contribution in [0.1, 0.15) is 52.0 Å². The van der Waals surface area contributed by atoms with Crippen LogP contribution < -0.4 is 10.6 Å². The number of nitrogens with one attached hydrogen (secondary N) is 2. The number of amides is 2. The van der Waals surface area contributed by atoms with Crippen LogP contribution in [0.5, 0.6) is 0 Å². The molecule has 0 unspecified atom stereocenters. The van der Waals surface area contributed by atoms with E-state index in [1.54, 1.807) is 4.90 Å². The highest BCUT2D eigenvalue weighted by atomic mass is 16.6. The highest BCUT2D eigenvalue weighted by Crippen LogP contribution is 2.34. The van der Waals surface area contributed by atoms with Crippen molar-refractivity contribution in [1.82, 2.24) is 15.5 Å². The molecule has 2 N–H and O–H groups in total. The summed E-state index contributed by atoms with van der Waals surface area (Å²) in [6, 6.07) is 10.2. The van der Waals surface area contributed by atoms with Crippen LogP contribution in [0.25, 0.3) is 0 Å². The first-order valence-electron chi connectivity index (χ1n) is 10.8. The van der Waals surface area contributed by atoms with E-state index in [0.29, 0.717) is 25.6 Å². The van der Waals surface area contributed by atoms with Gasteiger partial charge in [0.05, 0.1) is 5.41 Å². The molecule has 0 spiro atoms. The minimum atomic E-state index is -0.470. The van der Waals surface area contributed by atoms with Crippen LogP contribution in [0, 0.1) is 5.92 Å². The normalized spacial score (nSPS) is 20.2. The van der Waals surface area contributed by atoms with E-state index in [2.05, 4.69) is 22.8 Å². The van der Waals surface area contributed by atoms with Gasteiger partial charge in [0.2, 0.25) is 5.91 Å². The molecule has 1 aromatic rings. The van der Waals surface area contributed by atoms with Gasteiger partial charge in [-0.05, 0) is 71.0 Å². The third-order valence-corrected chi connectivity index (χ3v) is 6.04. The van der Waals surface area contributed by atoms with E-state index in [-0.39, 0.29) is 12.0 Å². The third-order valence-electron chi connectivity index (χ3n) is 6.04. The van der Waals surface area contributed by atoms with Crippen molar-refractivity contribution in [2.45, 2.75) is 57.5 Å². The first-order chi connectivity index (χ1) is 13.8. The number of hydrogen-bond acceptors (Lipinski definition) is 4. The number of piperidine rings is 2. The zero-order valence-electron chi connectivity index (χ0n) is 18.0. The summed E-state index contributed by atoms with van der Waals surface area (Å²) >= 11 is 0. The molecular formula is C23H35N3O3. The summed E-state index contributed by atoms with van der Waals surface area (Å²) in [5, 5.41) is 6.61. The maximum atomic E-state index is 13.3. The molecule has 160 valence electrons. The molecule has 6 heteroatoms. The molecule has 0 saturated carbocycles. The highest BCUT2D eigenvalue weighted by molar-refractivity contribution is 5.88. The number of hydrogen-bond donors (Lipinski definition) is 2. The molecule has 0 atom stereocenters. The van der Waals surface area contributed by atoms with Gasteiger partial charge in [0, 0.05) is 19.6 Å². The molecule has 1 aromatic carbocycles. The van der Waals surface area contributed by atoms with Crippen molar-refractivity contribution in [3.63, 3.8) is 0 Å². The fourth-order valence-electron chi connectivity index (χ4n) is 4.31. The summed E-state index contributed by atoms with van der Waals surface area (Å²) in [6.45, 7) is 9.41. The summed E-state index contributed by atoms with van der Waals surface area (Å²) in [6.07, 6.45) is 3.18. The molecular weight excluding hydrogens is 366 g/mol. The number of benzene rings is 1. The van der Waals surface area contributed by atoms with Crippen LogP contribution in [0.3, 0.4) is 0 Å². The lowest BCUT2D eigenvalue weighted by atomic mass is 9.72. The molecule has 0 aromatic heterocycles. The topological polar surface area (TPSA) is 70.7 Å². The van der Waals surface area contributed by atoms with Gasteiger partial charge in [-0.25, -0.2) is 4.79 Å². The first kappa shape index (κ1) is 21.6. The van der Waals surface area contributed by atoms with Crippen molar-refractivity contribution in [3.05, 3.63) is 35.9 Å². The molecule has 29 heavy (non-hydrogen) atoms. The maximum absolute atomic E-state index is 13.3. The summed E-state index contributed by atoms with van der Waals surface area (Å²) in [4.78, 5) is 27.3. The van der Waals surface area contributed by atoms with Crippen molar-refractivity contribution in [2.24, 2.45) is 5.92 Å². The van der Waals surface area contributed by atoms with Crippen molar-refractivity contribution < 1.29 is 14.3 Å². The fourth-order valence-corrected chi connectivity index (χ4v) is 4.31. The van der Waals surface area contributed by atoms with Crippen LogP contribution in [0.15, 0.2) is 30.3 Å². The Kier molecular flexibility index (Phi) is 6.83. The fraction of sp³-hybridized carbons (Fsp3) is 0.652. The van der Waals surface area contributed by atoms with Crippen LogP contribution in [0.4, 0.5) is 4.79 Å². The van der Waals surface area contributed by atoms with Gasteiger partial charge in [-0.2, -0.15) is 0 Å². The molecule has 2 aliphatic heterocycles. The van der Waals surface area contributed by atoms with Crippen LogP contribution in [0.2, 0.25) is 0 Å². The van der Waals surface area contributed by atoms with E-state index in [1.807, 2.05) is 39.0 Å². The minimum absolute atomic E-state index is 0.139. The quantitative estimate of drug-likeness (QED) is 0.813. The smallest absolute Gasteiger partial charge is 0.410 e. The zero-order valence-corrected chi connectivity index (χ0v) is 18.0. The zero-order chi connectivity index (χ0) is 20.9. The first-order valence-corrected chi connectivity index (χ1v) is 10.8. The van der Waals surface area contributed by atoms with Gasteiger partial charge >= 0.3 is 6.09 Å². The number of likely N-dealkylation sites (tertiary alicyclic amines) is 1. The van der Waals surface area contributed by atoms with Crippen LogP contribution >= 0.6 is 0 Å². The maximum Gasteiger partial charge on any atom is 0.410 e. The second kappa shape index (κ2) is 9.16. The van der Waals surface area contributed by atoms with Gasteiger partial charge in [-0.1, -0.05) is 30.3 Å². The summed E-state index contributed by atoms with van der Waals surface area (Å²) in [5.41, 5.74) is 0.199. The summed E-state index contributed by atoms with van der Waals surface area (Å²) < 4.78 is 5.46. The molecule has 2 amide bonds. The lowest BCUT2D eigenvalue weighted by molar-refractivity contribution is -0.128. The van der Waals surface area contributed by atoms with Gasteiger partial charge in [-0.3, -0.25) is 4.79 Å². The van der Waals surface area contributed by atoms with E-state index in [1.165, 1.54) is 0 Å². The Hall–Kier alpha value is -2.08. The SMILES string of the molecule is CC(C)(C)OC(=O)N1CCC(CNC(=O)C2(c3ccccc3)CCNCC2)CC1. The number of carbonyl (C=O) groups is 2. The molecule has 0 radical (unpaired) electrons.